The third-order valence-corrected chi connectivity index (χ3v) is 3.77. The zero-order chi connectivity index (χ0) is 14.1. The second kappa shape index (κ2) is 5.22. The van der Waals surface area contributed by atoms with Gasteiger partial charge >= 0.3 is 0 Å². The minimum Gasteiger partial charge on any atom is -0.484 e. The average molecular weight is 291 g/mol. The highest BCUT2D eigenvalue weighted by molar-refractivity contribution is 7.15. The van der Waals surface area contributed by atoms with Crippen LogP contribution in [0, 0.1) is 5.82 Å². The predicted octanol–water partition coefficient (Wildman–Crippen LogP) is 3.13. The SMILES string of the molecule is C[C@H](N)c1ccc(OCc2cn3ccsc3n2)c(F)c1. The molecule has 104 valence electrons. The van der Waals surface area contributed by atoms with Crippen LogP contribution >= 0.6 is 11.3 Å². The van der Waals surface area contributed by atoms with E-state index in [-0.39, 0.29) is 18.4 Å². The van der Waals surface area contributed by atoms with E-state index in [9.17, 15) is 4.39 Å². The van der Waals surface area contributed by atoms with Gasteiger partial charge in [-0.15, -0.1) is 11.3 Å². The molecule has 0 saturated heterocycles. The summed E-state index contributed by atoms with van der Waals surface area (Å²) < 4.78 is 21.2. The lowest BCUT2D eigenvalue weighted by molar-refractivity contribution is 0.286. The Morgan fingerprint density at radius 2 is 2.35 bits per heavy atom. The first-order valence-electron chi connectivity index (χ1n) is 6.22. The topological polar surface area (TPSA) is 52.5 Å². The highest BCUT2D eigenvalue weighted by Crippen LogP contribution is 2.22. The predicted molar refractivity (Wildman–Crippen MR) is 76.4 cm³/mol. The number of aromatic nitrogens is 2. The standard InChI is InChI=1S/C14H14FN3OS/c1-9(16)10-2-3-13(12(15)6-10)19-8-11-7-18-4-5-20-14(18)17-11/h2-7,9H,8,16H2,1H3/t9-/m0/s1. The molecule has 0 aliphatic heterocycles. The van der Waals surface area contributed by atoms with Crippen molar-refractivity contribution in [1.29, 1.82) is 0 Å². The van der Waals surface area contributed by atoms with Crippen LogP contribution < -0.4 is 10.5 Å². The molecule has 0 radical (unpaired) electrons. The van der Waals surface area contributed by atoms with Crippen LogP contribution in [0.5, 0.6) is 5.75 Å². The monoisotopic (exact) mass is 291 g/mol. The molecule has 0 spiro atoms. The lowest BCUT2D eigenvalue weighted by atomic mass is 10.1. The molecular weight excluding hydrogens is 277 g/mol. The molecule has 0 aliphatic rings. The van der Waals surface area contributed by atoms with Crippen molar-refractivity contribution in [1.82, 2.24) is 9.38 Å². The Kier molecular flexibility index (Phi) is 3.42. The van der Waals surface area contributed by atoms with Crippen LogP contribution in [-0.4, -0.2) is 9.38 Å². The molecule has 0 unspecified atom stereocenters. The first kappa shape index (κ1) is 13.1. The summed E-state index contributed by atoms with van der Waals surface area (Å²) in [7, 11) is 0. The highest BCUT2D eigenvalue weighted by Gasteiger charge is 2.09. The number of hydrogen-bond acceptors (Lipinski definition) is 4. The Balaban J connectivity index is 1.73. The van der Waals surface area contributed by atoms with Crippen molar-refractivity contribution in [3.8, 4) is 5.75 Å². The maximum absolute atomic E-state index is 13.9. The Morgan fingerprint density at radius 3 is 3.05 bits per heavy atom. The third-order valence-electron chi connectivity index (χ3n) is 3.00. The summed E-state index contributed by atoms with van der Waals surface area (Å²) in [5, 5.41) is 1.96. The highest BCUT2D eigenvalue weighted by atomic mass is 32.1. The van der Waals surface area contributed by atoms with Gasteiger partial charge in [0.1, 0.15) is 6.61 Å². The van der Waals surface area contributed by atoms with Crippen molar-refractivity contribution in [3.05, 3.63) is 53.0 Å². The number of benzene rings is 1. The van der Waals surface area contributed by atoms with E-state index in [0.29, 0.717) is 0 Å². The molecular formula is C14H14FN3OS. The number of ether oxygens (including phenoxy) is 1. The van der Waals surface area contributed by atoms with Gasteiger partial charge in [-0.1, -0.05) is 6.07 Å². The van der Waals surface area contributed by atoms with Gasteiger partial charge in [0.05, 0.1) is 5.69 Å². The molecule has 0 aliphatic carbocycles. The number of imidazole rings is 1. The molecule has 20 heavy (non-hydrogen) atoms. The van der Waals surface area contributed by atoms with Gasteiger partial charge in [-0.25, -0.2) is 9.37 Å². The number of rotatable bonds is 4. The van der Waals surface area contributed by atoms with Crippen molar-refractivity contribution in [3.63, 3.8) is 0 Å². The van der Waals surface area contributed by atoms with Crippen molar-refractivity contribution in [2.75, 3.05) is 0 Å². The Hall–Kier alpha value is -1.92. The first-order valence-corrected chi connectivity index (χ1v) is 7.10. The summed E-state index contributed by atoms with van der Waals surface area (Å²) in [4.78, 5) is 5.28. The van der Waals surface area contributed by atoms with Crippen LogP contribution in [0.1, 0.15) is 24.2 Å². The summed E-state index contributed by atoms with van der Waals surface area (Å²) in [6, 6.07) is 4.59. The van der Waals surface area contributed by atoms with E-state index in [2.05, 4.69) is 4.98 Å². The minimum absolute atomic E-state index is 0.196. The Labute approximate surface area is 119 Å². The lowest BCUT2D eigenvalue weighted by Gasteiger charge is -2.09. The molecule has 4 nitrogen and oxygen atoms in total. The van der Waals surface area contributed by atoms with Crippen molar-refractivity contribution >= 4 is 16.3 Å². The fourth-order valence-corrected chi connectivity index (χ4v) is 2.63. The van der Waals surface area contributed by atoms with Gasteiger partial charge in [0.15, 0.2) is 16.5 Å². The van der Waals surface area contributed by atoms with Crippen molar-refractivity contribution in [2.45, 2.75) is 19.6 Å². The van der Waals surface area contributed by atoms with Gasteiger partial charge < -0.3 is 10.5 Å². The minimum atomic E-state index is -0.402. The molecule has 3 rings (SSSR count). The van der Waals surface area contributed by atoms with Gasteiger partial charge in [-0.05, 0) is 24.6 Å². The first-order chi connectivity index (χ1) is 9.63. The molecule has 2 heterocycles. The summed E-state index contributed by atoms with van der Waals surface area (Å²) in [5.41, 5.74) is 7.23. The van der Waals surface area contributed by atoms with E-state index in [1.54, 1.807) is 23.5 Å². The number of hydrogen-bond donors (Lipinski definition) is 1. The Bertz CT molecular complexity index is 706. The second-order valence-corrected chi connectivity index (χ2v) is 5.47. The molecule has 6 heteroatoms. The average Bonchev–Trinajstić information content (AvgIpc) is 2.97. The Morgan fingerprint density at radius 1 is 1.50 bits per heavy atom. The van der Waals surface area contributed by atoms with Gasteiger partial charge in [-0.2, -0.15) is 0 Å². The summed E-state index contributed by atoms with van der Waals surface area (Å²) >= 11 is 1.55. The van der Waals surface area contributed by atoms with E-state index in [1.165, 1.54) is 6.07 Å². The number of nitrogens with zero attached hydrogens (tertiary/aromatic N) is 2. The molecule has 3 aromatic rings. The zero-order valence-electron chi connectivity index (χ0n) is 10.9. The smallest absolute Gasteiger partial charge is 0.193 e. The lowest BCUT2D eigenvalue weighted by Crippen LogP contribution is -2.06. The van der Waals surface area contributed by atoms with Crippen LogP contribution in [0.15, 0.2) is 36.0 Å². The van der Waals surface area contributed by atoms with Gasteiger partial charge in [0.2, 0.25) is 0 Å². The van der Waals surface area contributed by atoms with E-state index in [4.69, 9.17) is 10.5 Å². The van der Waals surface area contributed by atoms with Gasteiger partial charge in [0.25, 0.3) is 0 Å². The quantitative estimate of drug-likeness (QED) is 0.803. The summed E-state index contributed by atoms with van der Waals surface area (Å²) in [6.45, 7) is 2.05. The van der Waals surface area contributed by atoms with E-state index in [1.807, 2.05) is 29.1 Å². The number of nitrogens with two attached hydrogens (primary N) is 1. The molecule has 2 N–H and O–H groups in total. The number of halogens is 1. The fraction of sp³-hybridized carbons (Fsp3) is 0.214. The van der Waals surface area contributed by atoms with E-state index < -0.39 is 5.82 Å². The molecule has 1 aromatic carbocycles. The van der Waals surface area contributed by atoms with Crippen LogP contribution in [0.2, 0.25) is 0 Å². The molecule has 1 atom stereocenters. The molecule has 0 saturated carbocycles. The third kappa shape index (κ3) is 2.52. The van der Waals surface area contributed by atoms with Gasteiger partial charge in [-0.3, -0.25) is 4.40 Å². The number of fused-ring (bicyclic) bond motifs is 1. The number of thiazole rings is 1. The summed E-state index contributed by atoms with van der Waals surface area (Å²) in [6.07, 6.45) is 3.80. The molecule has 0 fully saturated rings. The maximum atomic E-state index is 13.9. The molecule has 0 amide bonds. The fourth-order valence-electron chi connectivity index (χ4n) is 1.91. The van der Waals surface area contributed by atoms with Crippen LogP contribution in [0.25, 0.3) is 4.96 Å². The van der Waals surface area contributed by atoms with Crippen LogP contribution in [-0.2, 0) is 6.61 Å². The van der Waals surface area contributed by atoms with Crippen molar-refractivity contribution < 1.29 is 9.13 Å². The van der Waals surface area contributed by atoms with E-state index >= 15 is 0 Å². The van der Waals surface area contributed by atoms with Crippen molar-refractivity contribution in [2.24, 2.45) is 5.73 Å². The largest absolute Gasteiger partial charge is 0.484 e. The second-order valence-electron chi connectivity index (χ2n) is 4.59. The zero-order valence-corrected chi connectivity index (χ0v) is 11.7. The maximum Gasteiger partial charge on any atom is 0.193 e. The molecule has 2 aromatic heterocycles. The van der Waals surface area contributed by atoms with Gasteiger partial charge in [0, 0.05) is 23.8 Å². The summed E-state index contributed by atoms with van der Waals surface area (Å²) in [5.74, 6) is -0.188. The van der Waals surface area contributed by atoms with Crippen LogP contribution in [0.4, 0.5) is 4.39 Å². The van der Waals surface area contributed by atoms with E-state index in [0.717, 1.165) is 16.2 Å². The van der Waals surface area contributed by atoms with Crippen LogP contribution in [0.3, 0.4) is 0 Å². The normalized spacial score (nSPS) is 12.8. The molecule has 0 bridgehead atoms.